The van der Waals surface area contributed by atoms with Crippen LogP contribution in [0, 0.1) is 0 Å². The first-order chi connectivity index (χ1) is 12.6. The average molecular weight is 409 g/mol. The maximum absolute atomic E-state index is 12.5. The van der Waals surface area contributed by atoms with Crippen molar-refractivity contribution >= 4 is 27.5 Å². The van der Waals surface area contributed by atoms with Crippen LogP contribution < -0.4 is 5.32 Å². The fraction of sp³-hybridized carbons (Fsp3) is 0.136. The van der Waals surface area contributed by atoms with E-state index < -0.39 is 0 Å². The molecular formula is C22H21BrN2O. The van der Waals surface area contributed by atoms with Crippen LogP contribution in [0.25, 0.3) is 11.1 Å². The maximum Gasteiger partial charge on any atom is 0.238 e. The van der Waals surface area contributed by atoms with Crippen LogP contribution in [-0.2, 0) is 11.3 Å². The van der Waals surface area contributed by atoms with Crippen LogP contribution in [0.4, 0.5) is 5.69 Å². The van der Waals surface area contributed by atoms with Crippen LogP contribution in [-0.4, -0.2) is 24.4 Å². The fourth-order valence-electron chi connectivity index (χ4n) is 2.85. The van der Waals surface area contributed by atoms with E-state index in [1.54, 1.807) is 0 Å². The highest BCUT2D eigenvalue weighted by Crippen LogP contribution is 2.27. The second-order valence-electron chi connectivity index (χ2n) is 6.26. The van der Waals surface area contributed by atoms with Crippen LogP contribution in [0.5, 0.6) is 0 Å². The van der Waals surface area contributed by atoms with E-state index in [0.29, 0.717) is 6.54 Å². The molecule has 0 fully saturated rings. The molecule has 0 spiro atoms. The van der Waals surface area contributed by atoms with Gasteiger partial charge in [0.2, 0.25) is 5.91 Å². The molecule has 3 aromatic rings. The standard InChI is InChI=1S/C22H21BrN2O/c1-25(15-17-11-13-19(23)14-12-17)16-22(26)24-21-10-6-5-9-20(21)18-7-3-2-4-8-18/h2-14H,15-16H2,1H3,(H,24,26). The number of carbonyl (C=O) groups excluding carboxylic acids is 1. The number of nitrogens with one attached hydrogen (secondary N) is 1. The summed E-state index contributed by atoms with van der Waals surface area (Å²) in [4.78, 5) is 14.5. The molecule has 0 saturated heterocycles. The van der Waals surface area contributed by atoms with E-state index in [2.05, 4.69) is 33.4 Å². The first kappa shape index (κ1) is 18.4. The molecule has 0 unspecified atom stereocenters. The monoisotopic (exact) mass is 408 g/mol. The van der Waals surface area contributed by atoms with E-state index in [0.717, 1.165) is 27.8 Å². The molecule has 1 N–H and O–H groups in total. The molecule has 0 heterocycles. The van der Waals surface area contributed by atoms with Crippen LogP contribution >= 0.6 is 15.9 Å². The zero-order chi connectivity index (χ0) is 18.4. The van der Waals surface area contributed by atoms with E-state index in [1.807, 2.05) is 78.7 Å². The van der Waals surface area contributed by atoms with Gasteiger partial charge in [0, 0.05) is 22.3 Å². The number of hydrogen-bond acceptors (Lipinski definition) is 2. The van der Waals surface area contributed by atoms with E-state index >= 15 is 0 Å². The van der Waals surface area contributed by atoms with Gasteiger partial charge in [-0.05, 0) is 36.4 Å². The van der Waals surface area contributed by atoms with Gasteiger partial charge in [0.1, 0.15) is 0 Å². The largest absolute Gasteiger partial charge is 0.324 e. The number of para-hydroxylation sites is 1. The molecule has 1 amide bonds. The lowest BCUT2D eigenvalue weighted by molar-refractivity contribution is -0.117. The number of nitrogens with zero attached hydrogens (tertiary/aromatic N) is 1. The van der Waals surface area contributed by atoms with Gasteiger partial charge in [0.15, 0.2) is 0 Å². The molecule has 132 valence electrons. The molecule has 0 bridgehead atoms. The number of amides is 1. The van der Waals surface area contributed by atoms with Crippen molar-refractivity contribution in [3.8, 4) is 11.1 Å². The Kier molecular flexibility index (Phi) is 6.21. The smallest absolute Gasteiger partial charge is 0.238 e. The van der Waals surface area contributed by atoms with E-state index in [4.69, 9.17) is 0 Å². The average Bonchev–Trinajstić information content (AvgIpc) is 2.64. The third kappa shape index (κ3) is 5.04. The molecule has 4 heteroatoms. The molecule has 0 aliphatic rings. The lowest BCUT2D eigenvalue weighted by atomic mass is 10.0. The van der Waals surface area contributed by atoms with Crippen LogP contribution in [0.2, 0.25) is 0 Å². The molecular weight excluding hydrogens is 388 g/mol. The van der Waals surface area contributed by atoms with Crippen molar-refractivity contribution in [3.05, 3.63) is 88.9 Å². The summed E-state index contributed by atoms with van der Waals surface area (Å²) in [5.41, 5.74) is 4.12. The summed E-state index contributed by atoms with van der Waals surface area (Å²) < 4.78 is 1.05. The highest BCUT2D eigenvalue weighted by Gasteiger charge is 2.10. The number of benzene rings is 3. The lowest BCUT2D eigenvalue weighted by Crippen LogP contribution is -2.30. The summed E-state index contributed by atoms with van der Waals surface area (Å²) >= 11 is 3.44. The quantitative estimate of drug-likeness (QED) is 0.608. The second kappa shape index (κ2) is 8.79. The number of likely N-dealkylation sites (N-methyl/N-ethyl adjacent to an activating group) is 1. The van der Waals surface area contributed by atoms with Crippen molar-refractivity contribution in [1.29, 1.82) is 0 Å². The topological polar surface area (TPSA) is 32.3 Å². The maximum atomic E-state index is 12.5. The number of halogens is 1. The Bertz CT molecular complexity index is 863. The van der Waals surface area contributed by atoms with Gasteiger partial charge >= 0.3 is 0 Å². The number of anilines is 1. The third-order valence-corrected chi connectivity index (χ3v) is 4.59. The molecule has 0 aliphatic heterocycles. The zero-order valence-electron chi connectivity index (χ0n) is 14.7. The molecule has 0 radical (unpaired) electrons. The molecule has 26 heavy (non-hydrogen) atoms. The summed E-state index contributed by atoms with van der Waals surface area (Å²) in [6, 6.07) is 26.1. The molecule has 3 aromatic carbocycles. The normalized spacial score (nSPS) is 10.7. The van der Waals surface area contributed by atoms with Crippen molar-refractivity contribution < 1.29 is 4.79 Å². The number of hydrogen-bond donors (Lipinski definition) is 1. The van der Waals surface area contributed by atoms with Gasteiger partial charge in [-0.3, -0.25) is 9.69 Å². The fourth-order valence-corrected chi connectivity index (χ4v) is 3.12. The highest BCUT2D eigenvalue weighted by atomic mass is 79.9. The van der Waals surface area contributed by atoms with Crippen LogP contribution in [0.1, 0.15) is 5.56 Å². The van der Waals surface area contributed by atoms with Crippen molar-refractivity contribution in [3.63, 3.8) is 0 Å². The predicted molar refractivity (Wildman–Crippen MR) is 111 cm³/mol. The van der Waals surface area contributed by atoms with Crippen molar-refractivity contribution in [2.45, 2.75) is 6.54 Å². The summed E-state index contributed by atoms with van der Waals surface area (Å²) in [5, 5.41) is 3.05. The zero-order valence-corrected chi connectivity index (χ0v) is 16.2. The van der Waals surface area contributed by atoms with Gasteiger partial charge < -0.3 is 5.32 Å². The summed E-state index contributed by atoms with van der Waals surface area (Å²) in [6.45, 7) is 1.06. The van der Waals surface area contributed by atoms with Gasteiger partial charge in [0.25, 0.3) is 0 Å². The summed E-state index contributed by atoms with van der Waals surface area (Å²) in [7, 11) is 1.95. The highest BCUT2D eigenvalue weighted by molar-refractivity contribution is 9.10. The molecule has 0 saturated carbocycles. The first-order valence-electron chi connectivity index (χ1n) is 8.49. The van der Waals surface area contributed by atoms with Gasteiger partial charge in [-0.15, -0.1) is 0 Å². The number of rotatable bonds is 6. The van der Waals surface area contributed by atoms with Crippen molar-refractivity contribution in [2.24, 2.45) is 0 Å². The summed E-state index contributed by atoms with van der Waals surface area (Å²) in [5.74, 6) is -0.0204. The second-order valence-corrected chi connectivity index (χ2v) is 7.17. The van der Waals surface area contributed by atoms with Gasteiger partial charge in [0.05, 0.1) is 6.54 Å². The Balaban J connectivity index is 1.64. The van der Waals surface area contributed by atoms with E-state index in [9.17, 15) is 4.79 Å². The Morgan fingerprint density at radius 1 is 0.923 bits per heavy atom. The Morgan fingerprint density at radius 2 is 1.58 bits per heavy atom. The third-order valence-electron chi connectivity index (χ3n) is 4.07. The Labute approximate surface area is 162 Å². The minimum absolute atomic E-state index is 0.0204. The molecule has 0 atom stereocenters. The minimum atomic E-state index is -0.0204. The van der Waals surface area contributed by atoms with Gasteiger partial charge in [-0.25, -0.2) is 0 Å². The van der Waals surface area contributed by atoms with Gasteiger partial charge in [-0.2, -0.15) is 0 Å². The van der Waals surface area contributed by atoms with Crippen LogP contribution in [0.3, 0.4) is 0 Å². The Morgan fingerprint density at radius 3 is 2.31 bits per heavy atom. The lowest BCUT2D eigenvalue weighted by Gasteiger charge is -2.17. The SMILES string of the molecule is CN(CC(=O)Nc1ccccc1-c1ccccc1)Cc1ccc(Br)cc1. The molecule has 3 nitrogen and oxygen atoms in total. The van der Waals surface area contributed by atoms with Crippen LogP contribution in [0.15, 0.2) is 83.3 Å². The van der Waals surface area contributed by atoms with E-state index in [1.165, 1.54) is 5.56 Å². The van der Waals surface area contributed by atoms with Crippen molar-refractivity contribution in [1.82, 2.24) is 4.90 Å². The van der Waals surface area contributed by atoms with Crippen molar-refractivity contribution in [2.75, 3.05) is 18.9 Å². The van der Waals surface area contributed by atoms with E-state index in [-0.39, 0.29) is 5.91 Å². The first-order valence-corrected chi connectivity index (χ1v) is 9.28. The molecule has 3 rings (SSSR count). The number of carbonyl (C=O) groups is 1. The predicted octanol–water partition coefficient (Wildman–Crippen LogP) is 5.19. The summed E-state index contributed by atoms with van der Waals surface area (Å²) in [6.07, 6.45) is 0. The van der Waals surface area contributed by atoms with Gasteiger partial charge in [-0.1, -0.05) is 76.6 Å². The minimum Gasteiger partial charge on any atom is -0.324 e. The molecule has 0 aromatic heterocycles. The Hall–Kier alpha value is -2.43. The molecule has 0 aliphatic carbocycles.